The van der Waals surface area contributed by atoms with E-state index in [4.69, 9.17) is 9.47 Å². The van der Waals surface area contributed by atoms with Crippen molar-refractivity contribution in [3.05, 3.63) is 63.7 Å². The van der Waals surface area contributed by atoms with Gasteiger partial charge in [-0.05, 0) is 25.1 Å². The van der Waals surface area contributed by atoms with Crippen LogP contribution in [0.15, 0.2) is 42.5 Å². The van der Waals surface area contributed by atoms with Crippen LogP contribution in [-0.2, 0) is 27.0 Å². The highest BCUT2D eigenvalue weighted by Gasteiger charge is 2.33. The lowest BCUT2D eigenvalue weighted by molar-refractivity contribution is -0.384. The molecule has 0 fully saturated rings. The van der Waals surface area contributed by atoms with Crippen molar-refractivity contribution in [2.24, 2.45) is 0 Å². The van der Waals surface area contributed by atoms with Gasteiger partial charge in [-0.15, -0.1) is 0 Å². The number of hydrogen-bond donors (Lipinski definition) is 2. The molecule has 2 rings (SSSR count). The predicted molar refractivity (Wildman–Crippen MR) is 107 cm³/mol. The van der Waals surface area contributed by atoms with E-state index in [0.717, 1.165) is 6.07 Å². The van der Waals surface area contributed by atoms with Crippen LogP contribution in [-0.4, -0.2) is 36.6 Å². The maximum absolute atomic E-state index is 12.8. The van der Waals surface area contributed by atoms with E-state index in [9.17, 15) is 32.9 Å². The summed E-state index contributed by atoms with van der Waals surface area (Å²) in [7, 11) is 1.48. The average Bonchev–Trinajstić information content (AvgIpc) is 2.75. The zero-order valence-electron chi connectivity index (χ0n) is 17.1. The number of benzene rings is 2. The molecule has 0 saturated carbocycles. The van der Waals surface area contributed by atoms with Crippen molar-refractivity contribution in [2.75, 3.05) is 19.0 Å². The lowest BCUT2D eigenvalue weighted by Gasteiger charge is -2.15. The number of nitro benzene ring substituents is 1. The number of ether oxygens (including phenoxy) is 2. The van der Waals surface area contributed by atoms with Gasteiger partial charge < -0.3 is 20.1 Å². The van der Waals surface area contributed by atoms with Crippen molar-refractivity contribution in [2.45, 2.75) is 25.7 Å². The van der Waals surface area contributed by atoms with Gasteiger partial charge in [0.15, 0.2) is 6.61 Å². The summed E-state index contributed by atoms with van der Waals surface area (Å²) >= 11 is 0. The summed E-state index contributed by atoms with van der Waals surface area (Å²) in [6.07, 6.45) is -4.76. The molecule has 172 valence electrons. The maximum Gasteiger partial charge on any atom is 0.416 e. The Morgan fingerprint density at radius 3 is 2.50 bits per heavy atom. The van der Waals surface area contributed by atoms with Crippen molar-refractivity contribution in [1.82, 2.24) is 5.32 Å². The average molecular weight is 455 g/mol. The quantitative estimate of drug-likeness (QED) is 0.338. The van der Waals surface area contributed by atoms with Gasteiger partial charge in [-0.1, -0.05) is 18.2 Å². The summed E-state index contributed by atoms with van der Waals surface area (Å²) in [6, 6.07) is 7.69. The predicted octanol–water partition coefficient (Wildman–Crippen LogP) is 3.28. The number of halogens is 3. The standard InChI is InChI=1S/C20H20F3N3O6/c1-12(25-15-8-7-14(20(21,22)23)9-16(15)26(29)30)19(28)32-11-18(27)24-10-13-5-3-4-6-17(13)31-2/h3-9,12,25H,10-11H2,1-2H3,(H,24,27)/t12-/m1/s1. The minimum absolute atomic E-state index is 0.131. The van der Waals surface area contributed by atoms with Crippen LogP contribution in [0.5, 0.6) is 5.75 Å². The second-order valence-corrected chi connectivity index (χ2v) is 6.55. The first kappa shape index (κ1) is 24.4. The van der Waals surface area contributed by atoms with Crippen molar-refractivity contribution >= 4 is 23.3 Å². The maximum atomic E-state index is 12.8. The third-order valence-electron chi connectivity index (χ3n) is 4.26. The summed E-state index contributed by atoms with van der Waals surface area (Å²) in [4.78, 5) is 34.2. The molecule has 0 unspecified atom stereocenters. The number of hydrogen-bond acceptors (Lipinski definition) is 7. The molecule has 9 nitrogen and oxygen atoms in total. The first-order valence-electron chi connectivity index (χ1n) is 9.20. The number of rotatable bonds is 9. The third kappa shape index (κ3) is 6.59. The number of nitrogens with zero attached hydrogens (tertiary/aromatic N) is 1. The molecule has 2 aromatic rings. The Morgan fingerprint density at radius 2 is 1.88 bits per heavy atom. The summed E-state index contributed by atoms with van der Waals surface area (Å²) in [5, 5.41) is 16.1. The Morgan fingerprint density at radius 1 is 1.19 bits per heavy atom. The SMILES string of the molecule is COc1ccccc1CNC(=O)COC(=O)[C@@H](C)Nc1ccc(C(F)(F)F)cc1[N+](=O)[O-]. The fourth-order valence-corrected chi connectivity index (χ4v) is 2.63. The Bertz CT molecular complexity index is 997. The highest BCUT2D eigenvalue weighted by atomic mass is 19.4. The second-order valence-electron chi connectivity index (χ2n) is 6.55. The van der Waals surface area contributed by atoms with Crippen LogP contribution in [0, 0.1) is 10.1 Å². The monoisotopic (exact) mass is 455 g/mol. The fraction of sp³-hybridized carbons (Fsp3) is 0.300. The van der Waals surface area contributed by atoms with E-state index in [-0.39, 0.29) is 12.2 Å². The molecule has 0 radical (unpaired) electrons. The summed E-state index contributed by atoms with van der Waals surface area (Å²) in [6.45, 7) is 0.803. The summed E-state index contributed by atoms with van der Waals surface area (Å²) in [5.74, 6) is -0.954. The van der Waals surface area contributed by atoms with Gasteiger partial charge in [0, 0.05) is 18.2 Å². The minimum Gasteiger partial charge on any atom is -0.496 e. The van der Waals surface area contributed by atoms with Crippen molar-refractivity contribution in [3.8, 4) is 5.75 Å². The van der Waals surface area contributed by atoms with Crippen LogP contribution in [0.1, 0.15) is 18.1 Å². The molecule has 32 heavy (non-hydrogen) atoms. The zero-order valence-corrected chi connectivity index (χ0v) is 17.1. The number of carbonyl (C=O) groups excluding carboxylic acids is 2. The lowest BCUT2D eigenvalue weighted by Crippen LogP contribution is -2.33. The number of esters is 1. The number of carbonyl (C=O) groups is 2. The van der Waals surface area contributed by atoms with Gasteiger partial charge in [0.25, 0.3) is 11.6 Å². The minimum atomic E-state index is -4.76. The first-order valence-corrected chi connectivity index (χ1v) is 9.20. The Hall–Kier alpha value is -3.83. The molecule has 2 aromatic carbocycles. The van der Waals surface area contributed by atoms with E-state index in [0.29, 0.717) is 23.4 Å². The summed E-state index contributed by atoms with van der Waals surface area (Å²) in [5.41, 5.74) is -1.64. The highest BCUT2D eigenvalue weighted by Crippen LogP contribution is 2.35. The van der Waals surface area contributed by atoms with Crippen molar-refractivity contribution in [1.29, 1.82) is 0 Å². The molecule has 1 atom stereocenters. The molecule has 0 aliphatic carbocycles. The van der Waals surface area contributed by atoms with Crippen LogP contribution in [0.25, 0.3) is 0 Å². The van der Waals surface area contributed by atoms with Gasteiger partial charge in [-0.25, -0.2) is 4.79 Å². The van der Waals surface area contributed by atoms with Crippen molar-refractivity contribution in [3.63, 3.8) is 0 Å². The van der Waals surface area contributed by atoms with E-state index in [1.807, 2.05) is 0 Å². The Labute approximate surface area is 180 Å². The Kier molecular flexibility index (Phi) is 7.99. The molecule has 0 heterocycles. The second kappa shape index (κ2) is 10.5. The van der Waals surface area contributed by atoms with E-state index in [1.165, 1.54) is 14.0 Å². The van der Waals surface area contributed by atoms with Crippen LogP contribution < -0.4 is 15.4 Å². The van der Waals surface area contributed by atoms with Crippen LogP contribution in [0.2, 0.25) is 0 Å². The molecule has 12 heteroatoms. The topological polar surface area (TPSA) is 120 Å². The van der Waals surface area contributed by atoms with Gasteiger partial charge >= 0.3 is 12.1 Å². The third-order valence-corrected chi connectivity index (χ3v) is 4.26. The van der Waals surface area contributed by atoms with Crippen LogP contribution >= 0.6 is 0 Å². The van der Waals surface area contributed by atoms with E-state index in [2.05, 4.69) is 10.6 Å². The first-order chi connectivity index (χ1) is 15.0. The van der Waals surface area contributed by atoms with Crippen LogP contribution in [0.4, 0.5) is 24.5 Å². The van der Waals surface area contributed by atoms with E-state index < -0.39 is 46.9 Å². The van der Waals surface area contributed by atoms with Gasteiger partial charge in [0.2, 0.25) is 0 Å². The van der Waals surface area contributed by atoms with Gasteiger partial charge in [0.05, 0.1) is 17.6 Å². The number of anilines is 1. The van der Waals surface area contributed by atoms with Crippen molar-refractivity contribution < 1.29 is 37.2 Å². The Balaban J connectivity index is 1.93. The molecule has 0 aromatic heterocycles. The number of nitrogens with one attached hydrogen (secondary N) is 2. The van der Waals surface area contributed by atoms with E-state index >= 15 is 0 Å². The molecule has 0 saturated heterocycles. The fourth-order valence-electron chi connectivity index (χ4n) is 2.63. The molecule has 0 aliphatic rings. The molecule has 1 amide bonds. The zero-order chi connectivity index (χ0) is 23.9. The van der Waals surface area contributed by atoms with Gasteiger partial charge in [-0.3, -0.25) is 14.9 Å². The summed E-state index contributed by atoms with van der Waals surface area (Å²) < 4.78 is 48.4. The molecule has 2 N–H and O–H groups in total. The normalized spacial score (nSPS) is 11.9. The van der Waals surface area contributed by atoms with Gasteiger partial charge in [-0.2, -0.15) is 13.2 Å². The number of alkyl halides is 3. The van der Waals surface area contributed by atoms with Gasteiger partial charge in [0.1, 0.15) is 17.5 Å². The molecule has 0 bridgehead atoms. The molecular weight excluding hydrogens is 435 g/mol. The number of methoxy groups -OCH3 is 1. The highest BCUT2D eigenvalue weighted by molar-refractivity contribution is 5.84. The molecule has 0 aliphatic heterocycles. The van der Waals surface area contributed by atoms with Crippen LogP contribution in [0.3, 0.4) is 0 Å². The number of para-hydroxylation sites is 1. The lowest BCUT2D eigenvalue weighted by atomic mass is 10.1. The number of amides is 1. The number of nitro groups is 1. The smallest absolute Gasteiger partial charge is 0.416 e. The molecular formula is C20H20F3N3O6. The molecule has 0 spiro atoms. The van der Waals surface area contributed by atoms with E-state index in [1.54, 1.807) is 24.3 Å². The largest absolute Gasteiger partial charge is 0.496 e.